The van der Waals surface area contributed by atoms with Gasteiger partial charge in [-0.05, 0) is 125 Å². The van der Waals surface area contributed by atoms with E-state index in [9.17, 15) is 0 Å². The van der Waals surface area contributed by atoms with Crippen LogP contribution in [0.1, 0.15) is 103 Å². The fraction of sp³-hybridized carbons (Fsp3) is 0.226. The van der Waals surface area contributed by atoms with Gasteiger partial charge in [0.1, 0.15) is 11.2 Å². The molecule has 0 unspecified atom stereocenters. The standard InChI is InChI=1S/C62H53BN2O/c1-59(2,3)34-19-22-36(23-20-34)65-53-30-42-38-24-21-35(60(4,5)6)27-48(38)62(9,10)49(42)29-45(53)40-25-26-41-44-28-46-39-16-12-14-18-55(39)66-56(46)33-52(44)64-54-31-43-37-15-11-13-17-47(37)61(7,8)50(43)32-51(54)63(65)57(40)58(41)64/h11-33H,1-10H3. The molecule has 66 heavy (non-hydrogen) atoms. The number of hydrogen-bond acceptors (Lipinski definition) is 2. The van der Waals surface area contributed by atoms with Crippen molar-refractivity contribution < 1.29 is 4.42 Å². The number of furan rings is 1. The van der Waals surface area contributed by atoms with E-state index in [1.54, 1.807) is 0 Å². The van der Waals surface area contributed by atoms with E-state index in [1.165, 1.54) is 117 Å². The van der Waals surface area contributed by atoms with Crippen LogP contribution in [0.2, 0.25) is 0 Å². The van der Waals surface area contributed by atoms with Gasteiger partial charge in [0, 0.05) is 61.1 Å². The molecule has 8 aromatic carbocycles. The lowest BCUT2D eigenvalue weighted by molar-refractivity contribution is 0.584. The Kier molecular flexibility index (Phi) is 7.09. The molecule has 0 spiro atoms. The van der Waals surface area contributed by atoms with Gasteiger partial charge in [-0.15, -0.1) is 0 Å². The molecule has 0 amide bonds. The van der Waals surface area contributed by atoms with Crippen LogP contribution in [-0.2, 0) is 21.7 Å². The van der Waals surface area contributed by atoms with Crippen molar-refractivity contribution in [2.24, 2.45) is 0 Å². The highest BCUT2D eigenvalue weighted by molar-refractivity contribution is 6.93. The number of anilines is 2. The molecular weight excluding hydrogens is 800 g/mol. The summed E-state index contributed by atoms with van der Waals surface area (Å²) in [5, 5.41) is 4.85. The molecule has 0 saturated carbocycles. The van der Waals surface area contributed by atoms with Crippen LogP contribution in [-0.4, -0.2) is 11.4 Å². The summed E-state index contributed by atoms with van der Waals surface area (Å²) in [5.74, 6) is 0. The second kappa shape index (κ2) is 12.2. The van der Waals surface area contributed by atoms with Crippen molar-refractivity contribution in [1.29, 1.82) is 0 Å². The Labute approximate surface area is 387 Å². The molecule has 320 valence electrons. The highest BCUT2D eigenvalue weighted by Crippen LogP contribution is 2.56. The van der Waals surface area contributed by atoms with Crippen LogP contribution in [0.25, 0.3) is 82.8 Å². The molecule has 2 aromatic heterocycles. The van der Waals surface area contributed by atoms with E-state index in [0.29, 0.717) is 0 Å². The molecule has 0 bridgehead atoms. The van der Waals surface area contributed by atoms with Crippen LogP contribution in [0.4, 0.5) is 11.4 Å². The maximum Gasteiger partial charge on any atom is 0.333 e. The second-order valence-electron chi connectivity index (χ2n) is 23.0. The third kappa shape index (κ3) is 4.75. The summed E-state index contributed by atoms with van der Waals surface area (Å²) in [6, 6.07) is 54.3. The van der Waals surface area contributed by atoms with Gasteiger partial charge in [-0.25, -0.2) is 0 Å². The van der Waals surface area contributed by atoms with Crippen molar-refractivity contribution in [3.05, 3.63) is 173 Å². The van der Waals surface area contributed by atoms with Crippen LogP contribution in [0, 0.1) is 0 Å². The third-order valence-corrected chi connectivity index (χ3v) is 16.5. The summed E-state index contributed by atoms with van der Waals surface area (Å²) in [6.07, 6.45) is 0. The van der Waals surface area contributed by atoms with E-state index >= 15 is 0 Å². The van der Waals surface area contributed by atoms with Gasteiger partial charge >= 0.3 is 6.85 Å². The van der Waals surface area contributed by atoms with E-state index in [0.717, 1.165) is 21.9 Å². The molecule has 4 aliphatic rings. The largest absolute Gasteiger partial charge is 0.456 e. The Morgan fingerprint density at radius 1 is 0.455 bits per heavy atom. The minimum absolute atomic E-state index is 0.0309. The predicted octanol–water partition coefficient (Wildman–Crippen LogP) is 15.1. The number of para-hydroxylation sites is 1. The van der Waals surface area contributed by atoms with E-state index in [2.05, 4.69) is 218 Å². The Hall–Kier alpha value is -6.78. The van der Waals surface area contributed by atoms with E-state index in [-0.39, 0.29) is 28.5 Å². The monoisotopic (exact) mass is 852 g/mol. The maximum atomic E-state index is 6.67. The minimum Gasteiger partial charge on any atom is -0.456 e. The van der Waals surface area contributed by atoms with Gasteiger partial charge in [0.05, 0.1) is 11.0 Å². The van der Waals surface area contributed by atoms with E-state index in [1.807, 2.05) is 0 Å². The van der Waals surface area contributed by atoms with Crippen molar-refractivity contribution in [3.63, 3.8) is 0 Å². The maximum absolute atomic E-state index is 6.67. The topological polar surface area (TPSA) is 21.3 Å². The van der Waals surface area contributed by atoms with Crippen molar-refractivity contribution in [3.8, 4) is 39.1 Å². The Balaban J connectivity index is 1.13. The molecule has 2 aliphatic carbocycles. The lowest BCUT2D eigenvalue weighted by Gasteiger charge is -2.43. The van der Waals surface area contributed by atoms with Crippen molar-refractivity contribution >= 4 is 72.9 Å². The van der Waals surface area contributed by atoms with Crippen LogP contribution in [0.3, 0.4) is 0 Å². The van der Waals surface area contributed by atoms with Gasteiger partial charge in [0.25, 0.3) is 0 Å². The predicted molar refractivity (Wildman–Crippen MR) is 280 cm³/mol. The molecular formula is C62H53BN2O. The van der Waals surface area contributed by atoms with Gasteiger partial charge in [-0.2, -0.15) is 0 Å². The molecule has 2 aliphatic heterocycles. The summed E-state index contributed by atoms with van der Waals surface area (Å²) >= 11 is 0. The number of fused-ring (bicyclic) bond motifs is 17. The van der Waals surface area contributed by atoms with Crippen molar-refractivity contribution in [2.75, 3.05) is 4.81 Å². The molecule has 0 radical (unpaired) electrons. The van der Waals surface area contributed by atoms with Gasteiger partial charge in [-0.3, -0.25) is 0 Å². The molecule has 4 heterocycles. The molecule has 0 atom stereocenters. The average molecular weight is 853 g/mol. The van der Waals surface area contributed by atoms with Gasteiger partial charge in [0.15, 0.2) is 0 Å². The first-order chi connectivity index (χ1) is 31.5. The Morgan fingerprint density at radius 3 is 1.86 bits per heavy atom. The summed E-state index contributed by atoms with van der Waals surface area (Å²) in [5.41, 5.74) is 26.8. The van der Waals surface area contributed by atoms with Gasteiger partial charge in [0.2, 0.25) is 0 Å². The van der Waals surface area contributed by atoms with Crippen LogP contribution >= 0.6 is 0 Å². The molecule has 14 rings (SSSR count). The number of benzene rings is 8. The molecule has 4 heteroatoms. The fourth-order valence-corrected chi connectivity index (χ4v) is 12.9. The SMILES string of the molecule is CC(C)(C)c1ccc(N2B3c4cc5c(cc4-n4c6cc7oc8ccccc8c7cc6c6ccc(c3c64)-c3cc4c(cc32)-c2ccc(C(C)(C)C)cc2C4(C)C)-c2ccccc2C5(C)C)cc1. The van der Waals surface area contributed by atoms with Crippen LogP contribution in [0.15, 0.2) is 144 Å². The quantitative estimate of drug-likeness (QED) is 0.153. The molecule has 0 saturated heterocycles. The zero-order valence-corrected chi connectivity index (χ0v) is 39.7. The van der Waals surface area contributed by atoms with Gasteiger partial charge in [-0.1, -0.05) is 160 Å². The highest BCUT2D eigenvalue weighted by atomic mass is 16.3. The summed E-state index contributed by atoms with van der Waals surface area (Å²) in [7, 11) is 0. The number of rotatable bonds is 1. The van der Waals surface area contributed by atoms with E-state index < -0.39 is 0 Å². The van der Waals surface area contributed by atoms with Crippen LogP contribution < -0.4 is 15.7 Å². The number of nitrogens with zero attached hydrogens (tertiary/aromatic N) is 2. The first kappa shape index (κ1) is 38.5. The highest BCUT2D eigenvalue weighted by Gasteiger charge is 2.48. The Morgan fingerprint density at radius 2 is 1.09 bits per heavy atom. The first-order valence-electron chi connectivity index (χ1n) is 24.0. The lowest BCUT2D eigenvalue weighted by atomic mass is 9.43. The zero-order valence-electron chi connectivity index (χ0n) is 39.7. The number of aromatic nitrogens is 1. The third-order valence-electron chi connectivity index (χ3n) is 16.5. The second-order valence-corrected chi connectivity index (χ2v) is 23.0. The summed E-state index contributed by atoms with van der Waals surface area (Å²) < 4.78 is 9.28. The summed E-state index contributed by atoms with van der Waals surface area (Å²) in [6.45, 7) is 23.6. The fourth-order valence-electron chi connectivity index (χ4n) is 12.9. The Bertz CT molecular complexity index is 3840. The normalized spacial score (nSPS) is 15.9. The first-order valence-corrected chi connectivity index (χ1v) is 24.0. The van der Waals surface area contributed by atoms with Crippen molar-refractivity contribution in [2.45, 2.75) is 90.9 Å². The number of hydrogen-bond donors (Lipinski definition) is 0. The van der Waals surface area contributed by atoms with Crippen LogP contribution in [0.5, 0.6) is 0 Å². The van der Waals surface area contributed by atoms with Crippen molar-refractivity contribution in [1.82, 2.24) is 4.57 Å². The molecule has 3 nitrogen and oxygen atoms in total. The zero-order chi connectivity index (χ0) is 45.1. The summed E-state index contributed by atoms with van der Waals surface area (Å²) in [4.78, 5) is 2.72. The smallest absolute Gasteiger partial charge is 0.333 e. The van der Waals surface area contributed by atoms with E-state index in [4.69, 9.17) is 4.42 Å². The molecule has 0 N–H and O–H groups in total. The minimum atomic E-state index is -0.169. The average Bonchev–Trinajstić information content (AvgIpc) is 3.96. The molecule has 0 fully saturated rings. The van der Waals surface area contributed by atoms with Gasteiger partial charge < -0.3 is 13.8 Å². The lowest BCUT2D eigenvalue weighted by Crippen LogP contribution is -2.60. The molecule has 10 aromatic rings.